The molecule has 1 aromatic heterocycles. The third kappa shape index (κ3) is 4.14. The Morgan fingerprint density at radius 1 is 1.03 bits per heavy atom. The molecule has 0 atom stereocenters. The summed E-state index contributed by atoms with van der Waals surface area (Å²) < 4.78 is 1.05. The average Bonchev–Trinajstić information content (AvgIpc) is 3.24. The van der Waals surface area contributed by atoms with Gasteiger partial charge in [0, 0.05) is 11.3 Å². The number of phenols is 1. The fraction of sp³-hybridized carbons (Fsp3) is 0.0385. The Morgan fingerprint density at radius 2 is 1.79 bits per heavy atom. The normalized spacial score (nSPS) is 11.3. The van der Waals surface area contributed by atoms with Crippen LogP contribution in [0.3, 0.4) is 0 Å². The Labute approximate surface area is 194 Å². The van der Waals surface area contributed by atoms with Crippen molar-refractivity contribution in [3.05, 3.63) is 95.6 Å². The number of fused-ring (bicyclic) bond motifs is 2. The number of carbonyl (C=O) groups excluding carboxylic acids is 1. The third-order valence-electron chi connectivity index (χ3n) is 5.35. The molecule has 0 spiro atoms. The number of nitrogens with zero attached hydrogens (tertiary/aromatic N) is 2. The first-order chi connectivity index (χ1) is 16.1. The topological polar surface area (TPSA) is 86.6 Å². The summed E-state index contributed by atoms with van der Waals surface area (Å²) in [7, 11) is 0. The lowest BCUT2D eigenvalue weighted by Crippen LogP contribution is -2.13. The standard InChI is InChI=1S/C26H20N4O2S/c1-16-8-2-5-11-21(16)28-25(32)19-14-17-9-3-4-10-18(17)20(24(19)31)15-27-30-26-29-22-12-6-7-13-23(22)33-26/h2-15,31H,1H3,(H,28,32)(H,29,30). The summed E-state index contributed by atoms with van der Waals surface area (Å²) in [5.41, 5.74) is 6.10. The first-order valence-corrected chi connectivity index (χ1v) is 11.2. The lowest BCUT2D eigenvalue weighted by atomic mass is 9.99. The van der Waals surface area contributed by atoms with Crippen molar-refractivity contribution in [2.75, 3.05) is 10.7 Å². The average molecular weight is 453 g/mol. The number of para-hydroxylation sites is 2. The van der Waals surface area contributed by atoms with Gasteiger partial charge in [0.15, 0.2) is 0 Å². The predicted molar refractivity (Wildman–Crippen MR) is 136 cm³/mol. The molecule has 1 heterocycles. The van der Waals surface area contributed by atoms with Gasteiger partial charge in [-0.05, 0) is 47.5 Å². The number of thiazole rings is 1. The summed E-state index contributed by atoms with van der Waals surface area (Å²) in [5, 5.41) is 20.5. The van der Waals surface area contributed by atoms with E-state index in [4.69, 9.17) is 0 Å². The van der Waals surface area contributed by atoms with Crippen molar-refractivity contribution >= 4 is 55.3 Å². The van der Waals surface area contributed by atoms with Crippen molar-refractivity contribution in [1.82, 2.24) is 4.98 Å². The summed E-state index contributed by atoms with van der Waals surface area (Å²) in [4.78, 5) is 17.5. The van der Waals surface area contributed by atoms with E-state index in [0.29, 0.717) is 16.4 Å². The van der Waals surface area contributed by atoms with Crippen LogP contribution in [0.25, 0.3) is 21.0 Å². The highest BCUT2D eigenvalue weighted by molar-refractivity contribution is 7.22. The highest BCUT2D eigenvalue weighted by atomic mass is 32.1. The van der Waals surface area contributed by atoms with Crippen LogP contribution in [0.2, 0.25) is 0 Å². The quantitative estimate of drug-likeness (QED) is 0.220. The van der Waals surface area contributed by atoms with E-state index in [1.807, 2.05) is 79.7 Å². The van der Waals surface area contributed by atoms with Crippen LogP contribution in [0, 0.1) is 6.92 Å². The monoisotopic (exact) mass is 452 g/mol. The molecule has 0 saturated heterocycles. The van der Waals surface area contributed by atoms with Gasteiger partial charge >= 0.3 is 0 Å². The van der Waals surface area contributed by atoms with Crippen molar-refractivity contribution in [2.24, 2.45) is 5.10 Å². The van der Waals surface area contributed by atoms with E-state index >= 15 is 0 Å². The molecule has 33 heavy (non-hydrogen) atoms. The molecular weight excluding hydrogens is 432 g/mol. The number of hydrogen-bond acceptors (Lipinski definition) is 6. The van der Waals surface area contributed by atoms with E-state index in [2.05, 4.69) is 20.8 Å². The van der Waals surface area contributed by atoms with Gasteiger partial charge in [-0.2, -0.15) is 5.10 Å². The molecule has 4 aromatic carbocycles. The molecule has 3 N–H and O–H groups in total. The van der Waals surface area contributed by atoms with Crippen LogP contribution in [0.4, 0.5) is 10.8 Å². The number of rotatable bonds is 5. The maximum atomic E-state index is 13.0. The number of aromatic hydroxyl groups is 1. The zero-order valence-corrected chi connectivity index (χ0v) is 18.6. The van der Waals surface area contributed by atoms with Crippen molar-refractivity contribution in [2.45, 2.75) is 6.92 Å². The van der Waals surface area contributed by atoms with E-state index in [0.717, 1.165) is 26.6 Å². The second-order valence-corrected chi connectivity index (χ2v) is 8.56. The summed E-state index contributed by atoms with van der Waals surface area (Å²) >= 11 is 1.49. The molecule has 0 saturated carbocycles. The minimum absolute atomic E-state index is 0.130. The Balaban J connectivity index is 1.49. The fourth-order valence-electron chi connectivity index (χ4n) is 3.64. The molecule has 0 radical (unpaired) electrons. The third-order valence-corrected chi connectivity index (χ3v) is 6.29. The summed E-state index contributed by atoms with van der Waals surface area (Å²) in [5.74, 6) is -0.518. The number of anilines is 2. The van der Waals surface area contributed by atoms with E-state index in [-0.39, 0.29) is 17.2 Å². The van der Waals surface area contributed by atoms with Gasteiger partial charge in [-0.1, -0.05) is 65.9 Å². The number of aryl methyl sites for hydroxylation is 1. The Hall–Kier alpha value is -4.23. The van der Waals surface area contributed by atoms with Crippen LogP contribution in [0.15, 0.2) is 84.0 Å². The largest absolute Gasteiger partial charge is 0.506 e. The molecule has 1 amide bonds. The van der Waals surface area contributed by atoms with Gasteiger partial charge in [-0.25, -0.2) is 4.98 Å². The second-order valence-electron chi connectivity index (χ2n) is 7.53. The zero-order chi connectivity index (χ0) is 22.8. The maximum Gasteiger partial charge on any atom is 0.259 e. The van der Waals surface area contributed by atoms with E-state index in [1.54, 1.807) is 6.07 Å². The number of nitrogens with one attached hydrogen (secondary N) is 2. The van der Waals surface area contributed by atoms with Crippen molar-refractivity contribution < 1.29 is 9.90 Å². The summed E-state index contributed by atoms with van der Waals surface area (Å²) in [6, 6.07) is 24.6. The van der Waals surface area contributed by atoms with E-state index in [1.165, 1.54) is 17.6 Å². The Bertz CT molecular complexity index is 1490. The molecule has 0 aliphatic heterocycles. The van der Waals surface area contributed by atoms with Gasteiger partial charge < -0.3 is 10.4 Å². The summed E-state index contributed by atoms with van der Waals surface area (Å²) in [6.07, 6.45) is 1.52. The molecule has 0 bridgehead atoms. The van der Waals surface area contributed by atoms with Gasteiger partial charge in [0.05, 0.1) is 22.0 Å². The fourth-order valence-corrected chi connectivity index (χ4v) is 4.46. The molecule has 7 heteroatoms. The molecule has 0 fully saturated rings. The van der Waals surface area contributed by atoms with E-state index in [9.17, 15) is 9.90 Å². The second kappa shape index (κ2) is 8.72. The SMILES string of the molecule is Cc1ccccc1NC(=O)c1cc2ccccc2c(C=NNc2nc3ccccc3s2)c1O. The highest BCUT2D eigenvalue weighted by Crippen LogP contribution is 2.31. The first-order valence-electron chi connectivity index (χ1n) is 10.4. The Kier molecular flexibility index (Phi) is 5.46. The van der Waals surface area contributed by atoms with Crippen LogP contribution in [-0.4, -0.2) is 22.2 Å². The van der Waals surface area contributed by atoms with Gasteiger partial charge in [0.1, 0.15) is 5.75 Å². The number of amides is 1. The molecule has 5 aromatic rings. The molecule has 0 aliphatic carbocycles. The van der Waals surface area contributed by atoms with Gasteiger partial charge in [-0.3, -0.25) is 10.2 Å². The lowest BCUT2D eigenvalue weighted by Gasteiger charge is -2.13. The van der Waals surface area contributed by atoms with Crippen LogP contribution >= 0.6 is 11.3 Å². The molecular formula is C26H20N4O2S. The number of benzene rings is 4. The molecule has 0 unspecified atom stereocenters. The van der Waals surface area contributed by atoms with E-state index < -0.39 is 0 Å². The summed E-state index contributed by atoms with van der Waals surface area (Å²) in [6.45, 7) is 1.92. The smallest absolute Gasteiger partial charge is 0.259 e. The van der Waals surface area contributed by atoms with Crippen LogP contribution in [-0.2, 0) is 0 Å². The van der Waals surface area contributed by atoms with Crippen molar-refractivity contribution in [1.29, 1.82) is 0 Å². The van der Waals surface area contributed by atoms with Crippen LogP contribution < -0.4 is 10.7 Å². The van der Waals surface area contributed by atoms with Gasteiger partial charge in [-0.15, -0.1) is 0 Å². The van der Waals surface area contributed by atoms with Crippen molar-refractivity contribution in [3.63, 3.8) is 0 Å². The molecule has 0 aliphatic rings. The van der Waals surface area contributed by atoms with Crippen LogP contribution in [0.1, 0.15) is 21.5 Å². The van der Waals surface area contributed by atoms with Gasteiger partial charge in [0.2, 0.25) is 5.13 Å². The number of hydrazone groups is 1. The number of phenolic OH excluding ortho intramolecular Hbond substituents is 1. The number of aromatic nitrogens is 1. The molecule has 162 valence electrons. The predicted octanol–water partition coefficient (Wildman–Crippen LogP) is 6.16. The van der Waals surface area contributed by atoms with Crippen molar-refractivity contribution in [3.8, 4) is 5.75 Å². The van der Waals surface area contributed by atoms with Gasteiger partial charge in [0.25, 0.3) is 5.91 Å². The van der Waals surface area contributed by atoms with Crippen LogP contribution in [0.5, 0.6) is 5.75 Å². The lowest BCUT2D eigenvalue weighted by molar-refractivity contribution is 0.102. The minimum Gasteiger partial charge on any atom is -0.506 e. The Morgan fingerprint density at radius 3 is 2.64 bits per heavy atom. The zero-order valence-electron chi connectivity index (χ0n) is 17.7. The minimum atomic E-state index is -0.388. The first kappa shape index (κ1) is 20.7. The highest BCUT2D eigenvalue weighted by Gasteiger charge is 2.18. The number of hydrogen-bond donors (Lipinski definition) is 3. The molecule has 6 nitrogen and oxygen atoms in total. The number of carbonyl (C=O) groups is 1. The molecule has 5 rings (SSSR count). The maximum absolute atomic E-state index is 13.0.